The van der Waals surface area contributed by atoms with Crippen LogP contribution in [0.4, 0.5) is 14.9 Å². The third kappa shape index (κ3) is 10.6. The van der Waals surface area contributed by atoms with Gasteiger partial charge in [0.2, 0.25) is 10.0 Å². The number of benzene rings is 2. The minimum Gasteiger partial charge on any atom is -0.497 e. The number of anilines is 1. The van der Waals surface area contributed by atoms with E-state index in [-0.39, 0.29) is 42.3 Å². The van der Waals surface area contributed by atoms with E-state index in [0.29, 0.717) is 61.6 Å². The molecule has 3 aliphatic heterocycles. The lowest BCUT2D eigenvalue weighted by molar-refractivity contribution is -0.151. The molecule has 0 aromatic heterocycles. The maximum atomic E-state index is 15.1. The first-order chi connectivity index (χ1) is 25.2. The van der Waals surface area contributed by atoms with Gasteiger partial charge in [-0.15, -0.1) is 0 Å². The zero-order valence-corrected chi connectivity index (χ0v) is 32.1. The lowest BCUT2D eigenvalue weighted by Gasteiger charge is -2.35. The van der Waals surface area contributed by atoms with Gasteiger partial charge in [-0.25, -0.2) is 17.6 Å². The molecule has 0 radical (unpaired) electrons. The van der Waals surface area contributed by atoms with Gasteiger partial charge in [-0.1, -0.05) is 26.0 Å². The van der Waals surface area contributed by atoms with E-state index in [0.717, 1.165) is 13.1 Å². The number of aliphatic hydroxyl groups excluding tert-OH is 1. The fourth-order valence-electron chi connectivity index (χ4n) is 6.92. The second-order valence-electron chi connectivity index (χ2n) is 14.4. The Bertz CT molecular complexity index is 1740. The lowest BCUT2D eigenvalue weighted by Crippen LogP contribution is -2.48. The SMILES string of the molecule is COc1ccc(S(=O)(=O)N2CCN(c3cc(F)cc(/C=C(\C)[C@H]4OC(=O)C[C@@H](O)CC[C@@H](C)[C@H](OC(=O)N5CCN(C)CC5)/C=C/[C@@H]4C)c3)CC2)cc1. The van der Waals surface area contributed by atoms with Gasteiger partial charge in [0.1, 0.15) is 23.8 Å². The molecular weight excluding hydrogens is 704 g/mol. The lowest BCUT2D eigenvalue weighted by atomic mass is 9.91. The van der Waals surface area contributed by atoms with E-state index in [1.807, 2.05) is 50.9 Å². The fourth-order valence-corrected chi connectivity index (χ4v) is 8.34. The summed E-state index contributed by atoms with van der Waals surface area (Å²) in [7, 11) is -0.171. The molecule has 290 valence electrons. The molecule has 1 N–H and O–H groups in total. The molecule has 0 unspecified atom stereocenters. The molecule has 2 saturated heterocycles. The molecule has 0 bridgehead atoms. The number of nitrogens with zero attached hydrogens (tertiary/aromatic N) is 4. The Morgan fingerprint density at radius 1 is 0.962 bits per heavy atom. The van der Waals surface area contributed by atoms with Gasteiger partial charge >= 0.3 is 12.1 Å². The van der Waals surface area contributed by atoms with Crippen LogP contribution in [0.2, 0.25) is 0 Å². The Balaban J connectivity index is 1.31. The van der Waals surface area contributed by atoms with Crippen molar-refractivity contribution in [1.29, 1.82) is 0 Å². The predicted molar refractivity (Wildman–Crippen MR) is 201 cm³/mol. The normalized spacial score (nSPS) is 26.6. The van der Waals surface area contributed by atoms with Crippen LogP contribution in [-0.2, 0) is 24.3 Å². The number of carbonyl (C=O) groups is 2. The van der Waals surface area contributed by atoms with Gasteiger partial charge in [-0.2, -0.15) is 4.31 Å². The summed E-state index contributed by atoms with van der Waals surface area (Å²) in [6.07, 6.45) is 3.64. The fraction of sp³-hybridized carbons (Fsp3) is 0.538. The van der Waals surface area contributed by atoms with Crippen LogP contribution in [-0.4, -0.2) is 125 Å². The summed E-state index contributed by atoms with van der Waals surface area (Å²) in [6, 6.07) is 10.9. The highest BCUT2D eigenvalue weighted by Crippen LogP contribution is 2.29. The van der Waals surface area contributed by atoms with Gasteiger partial charge in [-0.3, -0.25) is 4.79 Å². The summed E-state index contributed by atoms with van der Waals surface area (Å²) < 4.78 is 60.2. The summed E-state index contributed by atoms with van der Waals surface area (Å²) in [5, 5.41) is 10.7. The van der Waals surface area contributed by atoms with Crippen molar-refractivity contribution in [2.24, 2.45) is 11.8 Å². The molecule has 3 aliphatic rings. The third-order valence-electron chi connectivity index (χ3n) is 10.3. The molecule has 3 heterocycles. The van der Waals surface area contributed by atoms with Crippen molar-refractivity contribution in [3.8, 4) is 5.75 Å². The van der Waals surface area contributed by atoms with Crippen molar-refractivity contribution in [2.75, 3.05) is 71.4 Å². The van der Waals surface area contributed by atoms with Crippen LogP contribution in [0, 0.1) is 17.7 Å². The van der Waals surface area contributed by atoms with Gasteiger partial charge in [-0.05, 0) is 92.4 Å². The van der Waals surface area contributed by atoms with Crippen molar-refractivity contribution < 1.29 is 41.7 Å². The molecule has 2 aromatic carbocycles. The third-order valence-corrected chi connectivity index (χ3v) is 12.2. The van der Waals surface area contributed by atoms with Crippen molar-refractivity contribution in [3.05, 3.63) is 71.6 Å². The predicted octanol–water partition coefficient (Wildman–Crippen LogP) is 4.79. The Labute approximate surface area is 312 Å². The van der Waals surface area contributed by atoms with Crippen LogP contribution in [0.5, 0.6) is 5.75 Å². The maximum absolute atomic E-state index is 15.1. The molecule has 12 nitrogen and oxygen atoms in total. The average Bonchev–Trinajstić information content (AvgIpc) is 3.14. The van der Waals surface area contributed by atoms with Gasteiger partial charge in [0.15, 0.2) is 0 Å². The monoisotopic (exact) mass is 756 g/mol. The van der Waals surface area contributed by atoms with Crippen molar-refractivity contribution in [3.63, 3.8) is 0 Å². The number of esters is 1. The topological polar surface area (TPSA) is 129 Å². The first-order valence-electron chi connectivity index (χ1n) is 18.3. The molecule has 2 aromatic rings. The smallest absolute Gasteiger partial charge is 0.410 e. The second kappa shape index (κ2) is 17.9. The van der Waals surface area contributed by atoms with Crippen LogP contribution >= 0.6 is 0 Å². The summed E-state index contributed by atoms with van der Waals surface area (Å²) >= 11 is 0. The quantitative estimate of drug-likeness (QED) is 0.311. The number of hydrogen-bond acceptors (Lipinski definition) is 10. The summed E-state index contributed by atoms with van der Waals surface area (Å²) in [4.78, 5) is 32.1. The van der Waals surface area contributed by atoms with Gasteiger partial charge in [0, 0.05) is 64.0 Å². The number of aliphatic hydroxyl groups is 1. The van der Waals surface area contributed by atoms with E-state index >= 15 is 4.39 Å². The highest BCUT2D eigenvalue weighted by atomic mass is 32.2. The minimum absolute atomic E-state index is 0.106. The molecule has 1 amide bonds. The van der Waals surface area contributed by atoms with E-state index < -0.39 is 40.1 Å². The van der Waals surface area contributed by atoms with E-state index in [1.54, 1.807) is 23.1 Å². The van der Waals surface area contributed by atoms with E-state index in [4.69, 9.17) is 14.2 Å². The summed E-state index contributed by atoms with van der Waals surface area (Å²) in [6.45, 7) is 9.58. The van der Waals surface area contributed by atoms with Crippen LogP contribution in [0.1, 0.15) is 45.6 Å². The Morgan fingerprint density at radius 2 is 1.64 bits per heavy atom. The van der Waals surface area contributed by atoms with E-state index in [2.05, 4.69) is 4.90 Å². The van der Waals surface area contributed by atoms with Gasteiger partial charge in [0.25, 0.3) is 0 Å². The first kappa shape index (κ1) is 40.2. The van der Waals surface area contributed by atoms with Crippen LogP contribution in [0.15, 0.2) is 65.1 Å². The molecule has 53 heavy (non-hydrogen) atoms. The number of likely N-dealkylation sites (N-methyl/N-ethyl adjacent to an activating group) is 1. The Morgan fingerprint density at radius 3 is 2.30 bits per heavy atom. The second-order valence-corrected chi connectivity index (χ2v) is 16.3. The largest absolute Gasteiger partial charge is 0.497 e. The zero-order valence-electron chi connectivity index (χ0n) is 31.3. The van der Waals surface area contributed by atoms with Crippen LogP contribution in [0.3, 0.4) is 0 Å². The molecule has 5 rings (SSSR count). The number of amides is 1. The number of ether oxygens (including phenoxy) is 3. The van der Waals surface area contributed by atoms with E-state index in [1.165, 1.54) is 35.7 Å². The van der Waals surface area contributed by atoms with Crippen molar-refractivity contribution >= 4 is 33.8 Å². The Kier molecular flexibility index (Phi) is 13.6. The first-order valence-corrected chi connectivity index (χ1v) is 19.8. The zero-order chi connectivity index (χ0) is 38.3. The molecule has 0 aliphatic carbocycles. The number of hydrogen-bond donors (Lipinski definition) is 1. The number of cyclic esters (lactones) is 1. The van der Waals surface area contributed by atoms with Gasteiger partial charge in [0.05, 0.1) is 24.5 Å². The van der Waals surface area contributed by atoms with Gasteiger partial charge < -0.3 is 34.0 Å². The average molecular weight is 757 g/mol. The van der Waals surface area contributed by atoms with E-state index in [9.17, 15) is 23.1 Å². The maximum Gasteiger partial charge on any atom is 0.410 e. The molecule has 5 atom stereocenters. The summed E-state index contributed by atoms with van der Waals surface area (Å²) in [5.74, 6) is -0.885. The number of piperazine rings is 2. The molecule has 14 heteroatoms. The molecule has 2 fully saturated rings. The highest BCUT2D eigenvalue weighted by Gasteiger charge is 2.31. The molecular formula is C39H53FN4O8S. The summed E-state index contributed by atoms with van der Waals surface area (Å²) in [5.41, 5.74) is 1.82. The number of halogens is 1. The number of sulfonamides is 1. The molecule has 0 spiro atoms. The van der Waals surface area contributed by atoms with Crippen LogP contribution in [0.25, 0.3) is 6.08 Å². The highest BCUT2D eigenvalue weighted by molar-refractivity contribution is 7.89. The number of rotatable bonds is 7. The standard InChI is InChI=1S/C39H53FN4O8S/c1-27-6-8-33(45)26-37(46)52-38(28(2)7-13-36(27)51-39(47)43-16-14-41(4)15-17-43)29(3)22-30-23-31(40)25-32(24-30)42-18-20-44(21-19-42)53(48,49)35-11-9-34(50-5)10-12-35/h7,9-13,22-25,27-28,33,36,38,45H,6,8,14-21,26H2,1-5H3/b13-7+,29-22+/t27-,28+,33+,36-,38+/m1/s1. The Hall–Kier alpha value is -3.98. The minimum atomic E-state index is -3.71. The molecule has 0 saturated carbocycles. The number of methoxy groups -OCH3 is 1. The number of carbonyl (C=O) groups excluding carboxylic acids is 2. The van der Waals surface area contributed by atoms with Crippen LogP contribution < -0.4 is 9.64 Å². The van der Waals surface area contributed by atoms with Crippen molar-refractivity contribution in [1.82, 2.24) is 14.1 Å². The van der Waals surface area contributed by atoms with Crippen molar-refractivity contribution in [2.45, 2.75) is 63.2 Å².